The molecule has 0 aliphatic heterocycles. The third-order valence-electron chi connectivity index (χ3n) is 3.13. The van der Waals surface area contributed by atoms with Crippen molar-refractivity contribution in [3.05, 3.63) is 54.3 Å². The summed E-state index contributed by atoms with van der Waals surface area (Å²) in [7, 11) is 1.30. The molecule has 2 aromatic rings. The lowest BCUT2D eigenvalue weighted by Crippen LogP contribution is -1.94. The Hall–Kier alpha value is -2.94. The minimum absolute atomic E-state index is 0.0753. The number of alkyl halides is 1. The molecule has 1 aromatic heterocycles. The molecule has 6 heteroatoms. The lowest BCUT2D eigenvalue weighted by Gasteiger charge is -2.07. The van der Waals surface area contributed by atoms with Crippen molar-refractivity contribution < 1.29 is 17.9 Å². The van der Waals surface area contributed by atoms with Gasteiger partial charge in [-0.25, -0.2) is 13.2 Å². The number of rotatable bonds is 5. The van der Waals surface area contributed by atoms with Crippen LogP contribution in [0.15, 0.2) is 36.9 Å². The summed E-state index contributed by atoms with van der Waals surface area (Å²) in [6, 6.07) is 3.47. The van der Waals surface area contributed by atoms with E-state index in [1.807, 2.05) is 0 Å². The summed E-state index contributed by atoms with van der Waals surface area (Å²) in [6.45, 7) is 4.50. The highest BCUT2D eigenvalue weighted by atomic mass is 19.1. The predicted octanol–water partition coefficient (Wildman–Crippen LogP) is 4.93. The number of aromatic amines is 1. The van der Waals surface area contributed by atoms with Gasteiger partial charge in [0.15, 0.2) is 11.6 Å². The zero-order valence-electron chi connectivity index (χ0n) is 14.1. The molecular formula is C19H19F3N2O. The first-order chi connectivity index (χ1) is 12.0. The van der Waals surface area contributed by atoms with Crippen LogP contribution in [0.4, 0.5) is 13.2 Å². The molecule has 0 spiro atoms. The fourth-order valence-corrected chi connectivity index (χ4v) is 1.93. The summed E-state index contributed by atoms with van der Waals surface area (Å²) in [4.78, 5) is 0. The monoisotopic (exact) mass is 348 g/mol. The molecule has 1 aromatic carbocycles. The van der Waals surface area contributed by atoms with Crippen LogP contribution in [-0.4, -0.2) is 24.0 Å². The number of aromatic nitrogens is 2. The number of allylic oxidation sites excluding steroid dienone is 3. The highest BCUT2D eigenvalue weighted by molar-refractivity contribution is 5.71. The molecule has 0 aliphatic rings. The summed E-state index contributed by atoms with van der Waals surface area (Å²) in [5.74, 6) is 0.810. The maximum atomic E-state index is 13.6. The highest BCUT2D eigenvalue weighted by Gasteiger charge is 2.16. The fraction of sp³-hybridized carbons (Fsp3) is 0.211. The van der Waals surface area contributed by atoms with Crippen LogP contribution < -0.4 is 4.74 Å². The molecule has 0 saturated heterocycles. The first-order valence-corrected chi connectivity index (χ1v) is 7.34. The Balaban J connectivity index is 0.000000550. The zero-order chi connectivity index (χ0) is 18.8. The predicted molar refractivity (Wildman–Crippen MR) is 93.8 cm³/mol. The standard InChI is InChI=1S/C14H13F3N2O.C5H6/c1-8(3-4-15)12-7-13(19-18-12)10-5-9(16)6-11(17)14(10)20-2;1-3-5-4-2/h3,5-7H,4H2,1-2H3,(H,18,19);1,4H,2,5H2/b8-3+;. The topological polar surface area (TPSA) is 37.9 Å². The molecule has 0 saturated carbocycles. The van der Waals surface area contributed by atoms with Crippen LogP contribution >= 0.6 is 0 Å². The molecule has 132 valence electrons. The van der Waals surface area contributed by atoms with Gasteiger partial charge in [-0.05, 0) is 30.7 Å². The Morgan fingerprint density at radius 3 is 2.64 bits per heavy atom. The van der Waals surface area contributed by atoms with Crippen molar-refractivity contribution in [3.63, 3.8) is 0 Å². The van der Waals surface area contributed by atoms with E-state index in [1.54, 1.807) is 19.1 Å². The van der Waals surface area contributed by atoms with Gasteiger partial charge in [-0.3, -0.25) is 5.10 Å². The van der Waals surface area contributed by atoms with E-state index in [1.165, 1.54) is 13.2 Å². The first-order valence-electron chi connectivity index (χ1n) is 7.34. The van der Waals surface area contributed by atoms with Crippen molar-refractivity contribution in [3.8, 4) is 29.4 Å². The minimum atomic E-state index is -0.797. The fourth-order valence-electron chi connectivity index (χ4n) is 1.93. The molecule has 3 nitrogen and oxygen atoms in total. The number of benzene rings is 1. The molecule has 25 heavy (non-hydrogen) atoms. The van der Waals surface area contributed by atoms with Crippen molar-refractivity contribution in [2.45, 2.75) is 13.3 Å². The van der Waals surface area contributed by atoms with Gasteiger partial charge in [0, 0.05) is 18.1 Å². The van der Waals surface area contributed by atoms with E-state index < -0.39 is 18.3 Å². The van der Waals surface area contributed by atoms with E-state index in [-0.39, 0.29) is 11.3 Å². The van der Waals surface area contributed by atoms with Crippen LogP contribution in [0.5, 0.6) is 5.75 Å². The molecule has 1 heterocycles. The van der Waals surface area contributed by atoms with Crippen LogP contribution in [0.3, 0.4) is 0 Å². The van der Waals surface area contributed by atoms with Crippen molar-refractivity contribution in [1.29, 1.82) is 0 Å². The lowest BCUT2D eigenvalue weighted by molar-refractivity contribution is 0.386. The van der Waals surface area contributed by atoms with Crippen molar-refractivity contribution in [2.24, 2.45) is 0 Å². The second kappa shape index (κ2) is 10.0. The van der Waals surface area contributed by atoms with Crippen molar-refractivity contribution in [1.82, 2.24) is 10.2 Å². The summed E-state index contributed by atoms with van der Waals surface area (Å²) >= 11 is 0. The van der Waals surface area contributed by atoms with Gasteiger partial charge in [0.1, 0.15) is 12.5 Å². The van der Waals surface area contributed by atoms with Crippen molar-refractivity contribution >= 4 is 5.57 Å². The lowest BCUT2D eigenvalue weighted by atomic mass is 10.1. The molecule has 0 radical (unpaired) electrons. The van der Waals surface area contributed by atoms with Crippen LogP contribution in [0.25, 0.3) is 16.8 Å². The van der Waals surface area contributed by atoms with Crippen LogP contribution in [0.1, 0.15) is 19.0 Å². The Kier molecular flexibility index (Phi) is 8.07. The summed E-state index contributed by atoms with van der Waals surface area (Å²) in [5.41, 5.74) is 1.74. The number of nitrogens with zero attached hydrogens (tertiary/aromatic N) is 1. The first kappa shape index (κ1) is 20.1. The van der Waals surface area contributed by atoms with E-state index in [4.69, 9.17) is 11.2 Å². The Bertz CT molecular complexity index is 788. The number of halogens is 3. The largest absolute Gasteiger partial charge is 0.493 e. The van der Waals surface area contributed by atoms with E-state index in [2.05, 4.69) is 22.7 Å². The Labute approximate surface area is 145 Å². The van der Waals surface area contributed by atoms with E-state index in [0.717, 1.165) is 12.1 Å². The smallest absolute Gasteiger partial charge is 0.168 e. The Morgan fingerprint density at radius 2 is 2.12 bits per heavy atom. The average molecular weight is 348 g/mol. The number of hydrogen-bond acceptors (Lipinski definition) is 2. The number of hydrogen-bond donors (Lipinski definition) is 1. The molecule has 0 fully saturated rings. The number of nitrogens with one attached hydrogen (secondary N) is 1. The van der Waals surface area contributed by atoms with Gasteiger partial charge in [-0.2, -0.15) is 5.10 Å². The Morgan fingerprint density at radius 1 is 1.40 bits per heavy atom. The second-order valence-electron chi connectivity index (χ2n) is 4.87. The number of ether oxygens (including phenoxy) is 1. The number of methoxy groups -OCH3 is 1. The summed E-state index contributed by atoms with van der Waals surface area (Å²) < 4.78 is 44.1. The molecule has 0 unspecified atom stereocenters. The van der Waals surface area contributed by atoms with E-state index in [0.29, 0.717) is 23.4 Å². The minimum Gasteiger partial charge on any atom is -0.493 e. The SMILES string of the molecule is C#CCC=C.COc1c(F)cc(F)cc1-c1cc(/C(C)=C/CF)n[nH]1. The normalized spacial score (nSPS) is 10.5. The van der Waals surface area contributed by atoms with Crippen LogP contribution in [-0.2, 0) is 0 Å². The van der Waals surface area contributed by atoms with Gasteiger partial charge < -0.3 is 4.74 Å². The average Bonchev–Trinajstić information content (AvgIpc) is 3.06. The van der Waals surface area contributed by atoms with Gasteiger partial charge in [-0.15, -0.1) is 18.9 Å². The van der Waals surface area contributed by atoms with Gasteiger partial charge >= 0.3 is 0 Å². The van der Waals surface area contributed by atoms with Gasteiger partial charge in [0.05, 0.1) is 18.5 Å². The van der Waals surface area contributed by atoms with Crippen molar-refractivity contribution in [2.75, 3.05) is 13.8 Å². The van der Waals surface area contributed by atoms with Crippen LogP contribution in [0, 0.1) is 24.0 Å². The molecule has 2 rings (SSSR count). The molecule has 0 atom stereocenters. The molecule has 0 amide bonds. The summed E-state index contributed by atoms with van der Waals surface area (Å²) in [6.07, 6.45) is 8.56. The molecular weight excluding hydrogens is 329 g/mol. The molecule has 0 bridgehead atoms. The van der Waals surface area contributed by atoms with E-state index in [9.17, 15) is 13.2 Å². The third kappa shape index (κ3) is 5.57. The van der Waals surface area contributed by atoms with Gasteiger partial charge in [-0.1, -0.05) is 6.08 Å². The van der Waals surface area contributed by atoms with Crippen LogP contribution in [0.2, 0.25) is 0 Å². The second-order valence-corrected chi connectivity index (χ2v) is 4.87. The van der Waals surface area contributed by atoms with Gasteiger partial charge in [0.25, 0.3) is 0 Å². The highest BCUT2D eigenvalue weighted by Crippen LogP contribution is 2.33. The molecule has 0 aliphatic carbocycles. The number of terminal acetylenes is 1. The molecule has 1 N–H and O–H groups in total. The maximum absolute atomic E-state index is 13.6. The van der Waals surface area contributed by atoms with Gasteiger partial charge in [0.2, 0.25) is 0 Å². The zero-order valence-corrected chi connectivity index (χ0v) is 14.1. The number of H-pyrrole nitrogens is 1. The summed E-state index contributed by atoms with van der Waals surface area (Å²) in [5, 5.41) is 6.65. The quantitative estimate of drug-likeness (QED) is 0.614. The third-order valence-corrected chi connectivity index (χ3v) is 3.13. The van der Waals surface area contributed by atoms with E-state index >= 15 is 0 Å². The maximum Gasteiger partial charge on any atom is 0.168 e.